The van der Waals surface area contributed by atoms with Gasteiger partial charge in [-0.15, -0.1) is 0 Å². The average molecular weight is 257 g/mol. The quantitative estimate of drug-likeness (QED) is 0.474. The number of hydrogen-bond acceptors (Lipinski definition) is 7. The van der Waals surface area contributed by atoms with Gasteiger partial charge in [0.1, 0.15) is 23.6 Å². The van der Waals surface area contributed by atoms with Gasteiger partial charge in [0, 0.05) is 6.20 Å². The second kappa shape index (κ2) is 4.32. The van der Waals surface area contributed by atoms with Crippen molar-refractivity contribution in [3.63, 3.8) is 0 Å². The first-order valence-electron chi connectivity index (χ1n) is 5.39. The predicted octanol–water partition coefficient (Wildman–Crippen LogP) is -2.17. The summed E-state index contributed by atoms with van der Waals surface area (Å²) in [5.74, 6) is 0.0492. The minimum absolute atomic E-state index is 0.0492. The van der Waals surface area contributed by atoms with Crippen LogP contribution in [0.25, 0.3) is 0 Å². The summed E-state index contributed by atoms with van der Waals surface area (Å²) in [5.41, 5.74) is 2.94. The summed E-state index contributed by atoms with van der Waals surface area (Å²) < 4.78 is 6.30. The minimum Gasteiger partial charge on any atom is -0.394 e. The van der Waals surface area contributed by atoms with E-state index in [1.807, 2.05) is 0 Å². The molecule has 2 rings (SSSR count). The smallest absolute Gasteiger partial charge is 0.351 e. The molecule has 0 aliphatic carbocycles. The molecule has 1 fully saturated rings. The highest BCUT2D eigenvalue weighted by Gasteiger charge is 2.53. The molecule has 18 heavy (non-hydrogen) atoms. The summed E-state index contributed by atoms with van der Waals surface area (Å²) in [4.78, 5) is 15.2. The molecule has 0 amide bonds. The zero-order chi connectivity index (χ0) is 13.5. The summed E-state index contributed by atoms with van der Waals surface area (Å²) in [6.45, 7) is 0.853. The average Bonchev–Trinajstić information content (AvgIpc) is 2.52. The lowest BCUT2D eigenvalue weighted by Crippen LogP contribution is -2.46. The fraction of sp³-hybridized carbons (Fsp3) is 0.600. The summed E-state index contributed by atoms with van der Waals surface area (Å²) in [6, 6.07) is 1.37. The first-order chi connectivity index (χ1) is 8.37. The Morgan fingerprint density at radius 1 is 1.67 bits per heavy atom. The fourth-order valence-corrected chi connectivity index (χ4v) is 1.99. The SMILES string of the molecule is C[C@]1(O)[C@@H](n2ccc(N)nc2=O)O[C@@H](CO)[C@@H]1O. The monoisotopic (exact) mass is 257 g/mol. The van der Waals surface area contributed by atoms with Gasteiger partial charge in [0.2, 0.25) is 0 Å². The second-order valence-electron chi connectivity index (χ2n) is 4.42. The van der Waals surface area contributed by atoms with Crippen molar-refractivity contribution < 1.29 is 20.1 Å². The van der Waals surface area contributed by atoms with E-state index in [-0.39, 0.29) is 5.82 Å². The van der Waals surface area contributed by atoms with E-state index in [1.54, 1.807) is 0 Å². The number of hydrogen-bond donors (Lipinski definition) is 4. The molecular formula is C10H15N3O5. The zero-order valence-corrected chi connectivity index (χ0v) is 9.72. The Hall–Kier alpha value is -1.48. The van der Waals surface area contributed by atoms with Crippen LogP contribution in [0.15, 0.2) is 17.1 Å². The van der Waals surface area contributed by atoms with Crippen LogP contribution in [0.3, 0.4) is 0 Å². The Morgan fingerprint density at radius 3 is 2.83 bits per heavy atom. The van der Waals surface area contributed by atoms with Crippen LogP contribution in [0, 0.1) is 0 Å². The maximum absolute atomic E-state index is 11.7. The first-order valence-corrected chi connectivity index (χ1v) is 5.39. The molecule has 0 bridgehead atoms. The van der Waals surface area contributed by atoms with Gasteiger partial charge < -0.3 is 25.8 Å². The Morgan fingerprint density at radius 2 is 2.33 bits per heavy atom. The highest BCUT2D eigenvalue weighted by molar-refractivity contribution is 5.23. The van der Waals surface area contributed by atoms with Crippen molar-refractivity contribution in [3.05, 3.63) is 22.7 Å². The Bertz CT molecular complexity index is 501. The number of aliphatic hydroxyl groups is 3. The summed E-state index contributed by atoms with van der Waals surface area (Å²) in [6.07, 6.45) is -2.09. The van der Waals surface area contributed by atoms with Crippen LogP contribution in [-0.2, 0) is 4.74 Å². The second-order valence-corrected chi connectivity index (χ2v) is 4.42. The van der Waals surface area contributed by atoms with Gasteiger partial charge in [0.05, 0.1) is 6.61 Å². The van der Waals surface area contributed by atoms with E-state index < -0.39 is 36.3 Å². The van der Waals surface area contributed by atoms with Crippen molar-refractivity contribution in [1.29, 1.82) is 0 Å². The van der Waals surface area contributed by atoms with E-state index in [9.17, 15) is 15.0 Å². The van der Waals surface area contributed by atoms with Crippen LogP contribution in [0.2, 0.25) is 0 Å². The molecular weight excluding hydrogens is 242 g/mol. The maximum atomic E-state index is 11.7. The first kappa shape index (κ1) is 13.0. The third-order valence-electron chi connectivity index (χ3n) is 3.04. The standard InChI is InChI=1S/C10H15N3O5/c1-10(17)7(15)5(4-14)18-8(10)13-3-2-6(11)12-9(13)16/h2-3,5,7-8,14-15,17H,4H2,1H3,(H2,11,12,16)/t5-,7-,8-,10+/m0/s1. The normalized spacial score (nSPS) is 35.9. The number of aromatic nitrogens is 2. The van der Waals surface area contributed by atoms with Crippen molar-refractivity contribution in [3.8, 4) is 0 Å². The van der Waals surface area contributed by atoms with Gasteiger partial charge in [-0.3, -0.25) is 4.57 Å². The molecule has 5 N–H and O–H groups in total. The zero-order valence-electron chi connectivity index (χ0n) is 9.72. The topological polar surface area (TPSA) is 131 Å². The molecule has 8 heteroatoms. The lowest BCUT2D eigenvalue weighted by molar-refractivity contribution is -0.0986. The molecule has 1 aromatic rings. The number of aliphatic hydroxyl groups excluding tert-OH is 2. The number of nitrogens with two attached hydrogens (primary N) is 1. The molecule has 1 aliphatic rings. The molecule has 0 radical (unpaired) electrons. The summed E-state index contributed by atoms with van der Waals surface area (Å²) >= 11 is 0. The summed E-state index contributed by atoms with van der Waals surface area (Å²) in [5, 5.41) is 29.0. The van der Waals surface area contributed by atoms with Gasteiger partial charge >= 0.3 is 5.69 Å². The van der Waals surface area contributed by atoms with Crippen LogP contribution in [0.4, 0.5) is 5.82 Å². The molecule has 1 aromatic heterocycles. The van der Waals surface area contributed by atoms with E-state index in [4.69, 9.17) is 15.6 Å². The van der Waals surface area contributed by atoms with E-state index >= 15 is 0 Å². The molecule has 0 spiro atoms. The van der Waals surface area contributed by atoms with Gasteiger partial charge in [0.25, 0.3) is 0 Å². The van der Waals surface area contributed by atoms with Gasteiger partial charge in [-0.05, 0) is 13.0 Å². The Balaban J connectivity index is 2.42. The van der Waals surface area contributed by atoms with Crippen LogP contribution in [0.5, 0.6) is 0 Å². The number of nitrogens with zero attached hydrogens (tertiary/aromatic N) is 2. The molecule has 0 saturated carbocycles. The van der Waals surface area contributed by atoms with E-state index in [0.717, 1.165) is 4.57 Å². The molecule has 0 unspecified atom stereocenters. The van der Waals surface area contributed by atoms with Crippen LogP contribution in [-0.4, -0.2) is 49.3 Å². The highest BCUT2D eigenvalue weighted by Crippen LogP contribution is 2.37. The lowest BCUT2D eigenvalue weighted by Gasteiger charge is -2.27. The minimum atomic E-state index is -1.71. The van der Waals surface area contributed by atoms with Crippen LogP contribution >= 0.6 is 0 Å². The molecule has 1 aliphatic heterocycles. The van der Waals surface area contributed by atoms with Gasteiger partial charge in [-0.25, -0.2) is 4.79 Å². The third-order valence-corrected chi connectivity index (χ3v) is 3.04. The van der Waals surface area contributed by atoms with Crippen LogP contribution in [0.1, 0.15) is 13.2 Å². The van der Waals surface area contributed by atoms with E-state index in [1.165, 1.54) is 19.2 Å². The molecule has 4 atom stereocenters. The van der Waals surface area contributed by atoms with Crippen LogP contribution < -0.4 is 11.4 Å². The molecule has 100 valence electrons. The van der Waals surface area contributed by atoms with Gasteiger partial charge in [-0.1, -0.05) is 0 Å². The van der Waals surface area contributed by atoms with E-state index in [0.29, 0.717) is 0 Å². The number of nitrogen functional groups attached to an aromatic ring is 1. The largest absolute Gasteiger partial charge is 0.394 e. The molecule has 8 nitrogen and oxygen atoms in total. The number of anilines is 1. The maximum Gasteiger partial charge on any atom is 0.351 e. The third kappa shape index (κ3) is 1.89. The molecule has 2 heterocycles. The molecule has 1 saturated heterocycles. The Labute approximate surface area is 102 Å². The molecule has 0 aromatic carbocycles. The van der Waals surface area contributed by atoms with Gasteiger partial charge in [-0.2, -0.15) is 4.98 Å². The van der Waals surface area contributed by atoms with Gasteiger partial charge in [0.15, 0.2) is 6.23 Å². The van der Waals surface area contributed by atoms with Crippen molar-refractivity contribution in [1.82, 2.24) is 9.55 Å². The van der Waals surface area contributed by atoms with E-state index in [2.05, 4.69) is 4.98 Å². The van der Waals surface area contributed by atoms with Crippen molar-refractivity contribution in [2.75, 3.05) is 12.3 Å². The summed E-state index contributed by atoms with van der Waals surface area (Å²) in [7, 11) is 0. The number of rotatable bonds is 2. The lowest BCUT2D eigenvalue weighted by atomic mass is 9.96. The fourth-order valence-electron chi connectivity index (χ4n) is 1.99. The Kier molecular flexibility index (Phi) is 3.11. The van der Waals surface area contributed by atoms with Crippen molar-refractivity contribution in [2.45, 2.75) is 31.0 Å². The number of ether oxygens (including phenoxy) is 1. The predicted molar refractivity (Wildman–Crippen MR) is 60.5 cm³/mol. The van der Waals surface area contributed by atoms with Crippen molar-refractivity contribution in [2.24, 2.45) is 0 Å². The highest BCUT2D eigenvalue weighted by atomic mass is 16.6. The van der Waals surface area contributed by atoms with Crippen molar-refractivity contribution >= 4 is 5.82 Å².